The van der Waals surface area contributed by atoms with Gasteiger partial charge in [0.15, 0.2) is 6.61 Å². The Morgan fingerprint density at radius 2 is 1.75 bits per heavy atom. The SMILES string of the molecule is O=C(O)/C=C\C(=O)OCC(=O)O. The van der Waals surface area contributed by atoms with Crippen molar-refractivity contribution < 1.29 is 29.3 Å². The van der Waals surface area contributed by atoms with Crippen LogP contribution >= 0.6 is 0 Å². The highest BCUT2D eigenvalue weighted by Crippen LogP contribution is 1.81. The van der Waals surface area contributed by atoms with Gasteiger partial charge < -0.3 is 14.9 Å². The molecule has 0 unspecified atom stereocenters. The molecule has 0 radical (unpaired) electrons. The van der Waals surface area contributed by atoms with E-state index in [-0.39, 0.29) is 0 Å². The van der Waals surface area contributed by atoms with Gasteiger partial charge in [0, 0.05) is 12.2 Å². The molecule has 0 saturated heterocycles. The van der Waals surface area contributed by atoms with Crippen molar-refractivity contribution in [2.45, 2.75) is 0 Å². The molecule has 12 heavy (non-hydrogen) atoms. The van der Waals surface area contributed by atoms with Crippen LogP contribution in [-0.2, 0) is 19.1 Å². The van der Waals surface area contributed by atoms with E-state index in [4.69, 9.17) is 10.2 Å². The Kier molecular flexibility index (Phi) is 4.13. The van der Waals surface area contributed by atoms with Crippen LogP contribution in [0.25, 0.3) is 0 Å². The quantitative estimate of drug-likeness (QED) is 0.429. The number of carboxylic acids is 2. The highest BCUT2D eigenvalue weighted by atomic mass is 16.5. The molecule has 66 valence electrons. The first-order valence-corrected chi connectivity index (χ1v) is 2.82. The number of carboxylic acid groups (broad SMARTS) is 2. The normalized spacial score (nSPS) is 9.67. The fourth-order valence-electron chi connectivity index (χ4n) is 0.320. The zero-order valence-electron chi connectivity index (χ0n) is 5.89. The summed E-state index contributed by atoms with van der Waals surface area (Å²) in [5.41, 5.74) is 0. The van der Waals surface area contributed by atoms with E-state index in [0.717, 1.165) is 0 Å². The van der Waals surface area contributed by atoms with Gasteiger partial charge in [-0.15, -0.1) is 0 Å². The van der Waals surface area contributed by atoms with Crippen LogP contribution in [0.15, 0.2) is 12.2 Å². The van der Waals surface area contributed by atoms with E-state index in [1.165, 1.54) is 0 Å². The maximum Gasteiger partial charge on any atom is 0.341 e. The molecule has 0 spiro atoms. The van der Waals surface area contributed by atoms with E-state index < -0.39 is 24.5 Å². The minimum absolute atomic E-state index is 0.560. The standard InChI is InChI=1S/C6H6O6/c7-4(8)1-2-6(11)12-3-5(9)10/h1-2H,3H2,(H,7,8)(H,9,10)/b2-1-. The van der Waals surface area contributed by atoms with Crippen molar-refractivity contribution in [3.05, 3.63) is 12.2 Å². The van der Waals surface area contributed by atoms with Crippen LogP contribution in [0.2, 0.25) is 0 Å². The Bertz CT molecular complexity index is 228. The van der Waals surface area contributed by atoms with Gasteiger partial charge in [0.05, 0.1) is 0 Å². The van der Waals surface area contributed by atoms with Crippen LogP contribution in [0.4, 0.5) is 0 Å². The fraction of sp³-hybridized carbons (Fsp3) is 0.167. The van der Waals surface area contributed by atoms with Gasteiger partial charge in [-0.25, -0.2) is 14.4 Å². The van der Waals surface area contributed by atoms with E-state index >= 15 is 0 Å². The number of rotatable bonds is 4. The summed E-state index contributed by atoms with van der Waals surface area (Å²) in [6.45, 7) is -0.775. The number of carbonyl (C=O) groups is 3. The van der Waals surface area contributed by atoms with Gasteiger partial charge in [-0.1, -0.05) is 0 Å². The maximum atomic E-state index is 10.4. The number of esters is 1. The molecule has 0 bridgehead atoms. The van der Waals surface area contributed by atoms with Crippen molar-refractivity contribution in [2.75, 3.05) is 6.61 Å². The molecule has 0 aromatic heterocycles. The predicted octanol–water partition coefficient (Wildman–Crippen LogP) is -0.745. The van der Waals surface area contributed by atoms with Crippen molar-refractivity contribution in [3.8, 4) is 0 Å². The second kappa shape index (κ2) is 4.89. The first-order chi connectivity index (χ1) is 5.52. The number of hydrogen-bond acceptors (Lipinski definition) is 4. The largest absolute Gasteiger partial charge is 0.479 e. The van der Waals surface area contributed by atoms with Crippen LogP contribution in [0, 0.1) is 0 Å². The Morgan fingerprint density at radius 3 is 2.17 bits per heavy atom. The number of aliphatic carboxylic acids is 2. The smallest absolute Gasteiger partial charge is 0.341 e. The van der Waals surface area contributed by atoms with Crippen molar-refractivity contribution in [2.24, 2.45) is 0 Å². The fourth-order valence-corrected chi connectivity index (χ4v) is 0.320. The van der Waals surface area contributed by atoms with Gasteiger partial charge >= 0.3 is 17.9 Å². The van der Waals surface area contributed by atoms with Gasteiger partial charge in [0.25, 0.3) is 0 Å². The van der Waals surface area contributed by atoms with E-state index in [1.807, 2.05) is 0 Å². The molecule has 6 heteroatoms. The lowest BCUT2D eigenvalue weighted by atomic mass is 10.5. The third kappa shape index (κ3) is 6.27. The lowest BCUT2D eigenvalue weighted by Crippen LogP contribution is -2.11. The van der Waals surface area contributed by atoms with Crippen LogP contribution in [0.1, 0.15) is 0 Å². The summed E-state index contributed by atoms with van der Waals surface area (Å²) in [5, 5.41) is 16.1. The topological polar surface area (TPSA) is 101 Å². The average molecular weight is 174 g/mol. The van der Waals surface area contributed by atoms with Crippen molar-refractivity contribution in [1.29, 1.82) is 0 Å². The van der Waals surface area contributed by atoms with E-state index in [9.17, 15) is 14.4 Å². The van der Waals surface area contributed by atoms with E-state index in [0.29, 0.717) is 12.2 Å². The summed E-state index contributed by atoms with van der Waals surface area (Å²) < 4.78 is 4.07. The third-order valence-electron chi connectivity index (χ3n) is 0.700. The molecule has 2 N–H and O–H groups in total. The van der Waals surface area contributed by atoms with Gasteiger partial charge in [-0.3, -0.25) is 0 Å². The second-order valence-corrected chi connectivity index (χ2v) is 1.67. The average Bonchev–Trinajstić information content (AvgIpc) is 1.96. The number of carbonyl (C=O) groups excluding carboxylic acids is 1. The molecule has 0 saturated carbocycles. The minimum Gasteiger partial charge on any atom is -0.479 e. The summed E-state index contributed by atoms with van der Waals surface area (Å²) in [5.74, 6) is -3.60. The predicted molar refractivity (Wildman–Crippen MR) is 35.4 cm³/mol. The van der Waals surface area contributed by atoms with Crippen LogP contribution in [-0.4, -0.2) is 34.7 Å². The summed E-state index contributed by atoms with van der Waals surface area (Å²) in [6.07, 6.45) is 1.19. The Labute approximate surface area is 67.1 Å². The molecular weight excluding hydrogens is 168 g/mol. The van der Waals surface area contributed by atoms with Crippen molar-refractivity contribution in [3.63, 3.8) is 0 Å². The minimum atomic E-state index is -1.30. The molecule has 0 atom stereocenters. The Hall–Kier alpha value is -1.85. The lowest BCUT2D eigenvalue weighted by molar-refractivity contribution is -0.151. The number of ether oxygens (including phenoxy) is 1. The molecule has 6 nitrogen and oxygen atoms in total. The Morgan fingerprint density at radius 1 is 1.17 bits per heavy atom. The van der Waals surface area contributed by atoms with E-state index in [1.54, 1.807) is 0 Å². The second-order valence-electron chi connectivity index (χ2n) is 1.67. The van der Waals surface area contributed by atoms with Gasteiger partial charge in [-0.2, -0.15) is 0 Å². The van der Waals surface area contributed by atoms with Gasteiger partial charge in [0.2, 0.25) is 0 Å². The van der Waals surface area contributed by atoms with E-state index in [2.05, 4.69) is 4.74 Å². The van der Waals surface area contributed by atoms with Gasteiger partial charge in [-0.05, 0) is 0 Å². The highest BCUT2D eigenvalue weighted by Gasteiger charge is 2.01. The van der Waals surface area contributed by atoms with Crippen molar-refractivity contribution >= 4 is 17.9 Å². The van der Waals surface area contributed by atoms with Crippen LogP contribution < -0.4 is 0 Å². The third-order valence-corrected chi connectivity index (χ3v) is 0.700. The summed E-state index contributed by atoms with van der Waals surface area (Å²) in [7, 11) is 0. The molecule has 0 aromatic carbocycles. The first-order valence-electron chi connectivity index (χ1n) is 2.82. The summed E-state index contributed by atoms with van der Waals surface area (Å²) in [6, 6.07) is 0. The molecular formula is C6H6O6. The number of hydrogen-bond donors (Lipinski definition) is 2. The molecule has 0 rings (SSSR count). The molecule has 0 amide bonds. The van der Waals surface area contributed by atoms with Crippen molar-refractivity contribution in [1.82, 2.24) is 0 Å². The van der Waals surface area contributed by atoms with Gasteiger partial charge in [0.1, 0.15) is 0 Å². The summed E-state index contributed by atoms with van der Waals surface area (Å²) >= 11 is 0. The van der Waals surface area contributed by atoms with Crippen LogP contribution in [0.3, 0.4) is 0 Å². The first kappa shape index (κ1) is 10.2. The lowest BCUT2D eigenvalue weighted by Gasteiger charge is -1.94. The zero-order chi connectivity index (χ0) is 9.56. The molecule has 0 aliphatic heterocycles. The molecule has 0 heterocycles. The maximum absolute atomic E-state index is 10.4. The molecule has 0 aromatic rings. The molecule has 0 aliphatic rings. The molecule has 0 fully saturated rings. The summed E-state index contributed by atoms with van der Waals surface area (Å²) in [4.78, 5) is 30.1. The zero-order valence-corrected chi connectivity index (χ0v) is 5.89. The highest BCUT2D eigenvalue weighted by molar-refractivity contribution is 5.91. The molecule has 0 aliphatic carbocycles. The van der Waals surface area contributed by atoms with Crippen LogP contribution in [0.5, 0.6) is 0 Å². The monoisotopic (exact) mass is 174 g/mol. The Balaban J connectivity index is 3.75.